The average Bonchev–Trinajstić information content (AvgIpc) is 3.80. The van der Waals surface area contributed by atoms with Gasteiger partial charge in [-0.2, -0.15) is 0 Å². The van der Waals surface area contributed by atoms with Crippen molar-refractivity contribution in [1.29, 1.82) is 0 Å². The number of sulfonamides is 1. The summed E-state index contributed by atoms with van der Waals surface area (Å²) >= 11 is 6.25. The normalized spacial score (nSPS) is 15.0. The van der Waals surface area contributed by atoms with Gasteiger partial charge in [0.05, 0.1) is 15.4 Å². The molecule has 17 heteroatoms. The van der Waals surface area contributed by atoms with Crippen LogP contribution in [0, 0.1) is 16.0 Å². The van der Waals surface area contributed by atoms with E-state index in [2.05, 4.69) is 35.8 Å². The first-order valence-electron chi connectivity index (χ1n) is 21.6. The van der Waals surface area contributed by atoms with E-state index in [-0.39, 0.29) is 22.9 Å². The maximum atomic E-state index is 14.0. The van der Waals surface area contributed by atoms with Gasteiger partial charge in [0, 0.05) is 105 Å². The quantitative estimate of drug-likeness (QED) is 0.0591. The molecule has 0 aliphatic carbocycles. The molecule has 0 radical (unpaired) electrons. The summed E-state index contributed by atoms with van der Waals surface area (Å²) in [5.41, 5.74) is 4.57. The second-order valence-corrected chi connectivity index (χ2v) is 18.6. The number of nitrogens with one attached hydrogen (secondary N) is 3. The molecule has 2 aliphatic heterocycles. The second-order valence-electron chi connectivity index (χ2n) is 16.5. The second kappa shape index (κ2) is 20.3. The number of carbonyl (C=O) groups excluding carboxylic acids is 1. The van der Waals surface area contributed by atoms with Crippen molar-refractivity contribution in [3.63, 3.8) is 0 Å². The standard InChI is InChI=1S/C48H52ClN7O8S/c1-53(2)25-28-63-45-7-3-5-38(34-9-11-35(49)12-10-34)41(45)32-54-21-23-55(24-22-54)36-13-15-40(47(29-36)64-46-8-4-6-42-39(46)17-20-50-42)48(57)52-65(60,61)37-14-16-43(44(30-37)56(58)59)51-31-33-18-26-62-27-19-33/h3-17,20,29-30,33,50-51H,18-19,21-28,31-32H2,1-2H3,(H,52,57). The molecule has 5 aromatic carbocycles. The molecule has 1 amide bonds. The molecule has 2 aliphatic rings. The fraction of sp³-hybridized carbons (Fsp3) is 0.312. The van der Waals surface area contributed by atoms with E-state index in [1.165, 1.54) is 12.1 Å². The monoisotopic (exact) mass is 921 g/mol. The Bertz CT molecular complexity index is 2750. The lowest BCUT2D eigenvalue weighted by atomic mass is 9.98. The first kappa shape index (κ1) is 45.4. The van der Waals surface area contributed by atoms with Gasteiger partial charge in [-0.05, 0) is 105 Å². The Morgan fingerprint density at radius 2 is 1.68 bits per heavy atom. The largest absolute Gasteiger partial charge is 0.492 e. The first-order valence-corrected chi connectivity index (χ1v) is 23.5. The number of rotatable bonds is 17. The third-order valence-electron chi connectivity index (χ3n) is 11.8. The Morgan fingerprint density at radius 3 is 2.43 bits per heavy atom. The molecule has 2 saturated heterocycles. The highest BCUT2D eigenvalue weighted by Gasteiger charge is 2.28. The molecule has 340 valence electrons. The van der Waals surface area contributed by atoms with Gasteiger partial charge in [0.2, 0.25) is 0 Å². The third kappa shape index (κ3) is 11.0. The SMILES string of the molecule is CN(C)CCOc1cccc(-c2ccc(Cl)cc2)c1CN1CCN(c2ccc(C(=O)NS(=O)(=O)c3ccc(NCC4CCOCC4)c([N+](=O)[O-])c3)c(Oc3cccc4[nH]ccc34)c2)CC1. The first-order chi connectivity index (χ1) is 31.4. The topological polar surface area (TPSA) is 172 Å². The van der Waals surface area contributed by atoms with Gasteiger partial charge in [-0.15, -0.1) is 0 Å². The number of hydrogen-bond donors (Lipinski definition) is 3. The van der Waals surface area contributed by atoms with E-state index in [9.17, 15) is 23.3 Å². The predicted molar refractivity (Wildman–Crippen MR) is 253 cm³/mol. The Morgan fingerprint density at radius 1 is 0.923 bits per heavy atom. The molecular formula is C48H52ClN7O8S. The highest BCUT2D eigenvalue weighted by atomic mass is 35.5. The molecule has 15 nitrogen and oxygen atoms in total. The molecule has 3 N–H and O–H groups in total. The summed E-state index contributed by atoms with van der Waals surface area (Å²) in [6, 6.07) is 30.0. The number of fused-ring (bicyclic) bond motifs is 1. The Balaban J connectivity index is 1.02. The summed E-state index contributed by atoms with van der Waals surface area (Å²) in [6.45, 7) is 6.47. The zero-order chi connectivity index (χ0) is 45.5. The summed E-state index contributed by atoms with van der Waals surface area (Å²) in [5.74, 6) is 0.755. The number of aromatic amines is 1. The number of hydrogen-bond acceptors (Lipinski definition) is 12. The fourth-order valence-electron chi connectivity index (χ4n) is 8.15. The summed E-state index contributed by atoms with van der Waals surface area (Å²) in [5, 5.41) is 16.7. The third-order valence-corrected chi connectivity index (χ3v) is 13.4. The number of aromatic nitrogens is 1. The van der Waals surface area contributed by atoms with Crippen LogP contribution in [0.5, 0.6) is 17.2 Å². The van der Waals surface area contributed by atoms with Crippen LogP contribution in [0.25, 0.3) is 22.0 Å². The molecule has 2 fully saturated rings. The van der Waals surface area contributed by atoms with Crippen LogP contribution < -0.4 is 24.4 Å². The minimum Gasteiger partial charge on any atom is -0.492 e. The van der Waals surface area contributed by atoms with Gasteiger partial charge in [-0.25, -0.2) is 13.1 Å². The van der Waals surface area contributed by atoms with Gasteiger partial charge in [0.25, 0.3) is 21.6 Å². The lowest BCUT2D eigenvalue weighted by Crippen LogP contribution is -2.46. The van der Waals surface area contributed by atoms with E-state index in [0.29, 0.717) is 56.8 Å². The Labute approximate surface area is 383 Å². The maximum Gasteiger partial charge on any atom is 0.293 e. The number of nitro groups is 1. The molecule has 1 aromatic heterocycles. The van der Waals surface area contributed by atoms with Crippen molar-refractivity contribution in [2.75, 3.05) is 83.4 Å². The Kier molecular flexibility index (Phi) is 14.2. The summed E-state index contributed by atoms with van der Waals surface area (Å²) in [7, 11) is -0.536. The van der Waals surface area contributed by atoms with Crippen molar-refractivity contribution >= 4 is 55.5 Å². The smallest absolute Gasteiger partial charge is 0.293 e. The molecule has 3 heterocycles. The molecule has 0 bridgehead atoms. The number of nitrogens with zero attached hydrogens (tertiary/aromatic N) is 4. The predicted octanol–water partition coefficient (Wildman–Crippen LogP) is 8.41. The van der Waals surface area contributed by atoms with Crippen LogP contribution in [0.15, 0.2) is 114 Å². The van der Waals surface area contributed by atoms with Gasteiger partial charge < -0.3 is 34.3 Å². The van der Waals surface area contributed by atoms with Crippen molar-refractivity contribution < 1.29 is 32.3 Å². The summed E-state index contributed by atoms with van der Waals surface area (Å²) in [4.78, 5) is 34.9. The Hall–Kier alpha value is -6.17. The highest BCUT2D eigenvalue weighted by molar-refractivity contribution is 7.90. The van der Waals surface area contributed by atoms with Crippen molar-refractivity contribution in [2.24, 2.45) is 5.92 Å². The van der Waals surface area contributed by atoms with Crippen molar-refractivity contribution in [3.8, 4) is 28.4 Å². The minimum atomic E-state index is -4.57. The minimum absolute atomic E-state index is 0.0339. The van der Waals surface area contributed by atoms with Crippen LogP contribution >= 0.6 is 11.6 Å². The number of likely N-dealkylation sites (N-methyl/N-ethyl adjacent to an activating group) is 1. The number of ether oxygens (including phenoxy) is 3. The molecule has 0 spiro atoms. The lowest BCUT2D eigenvalue weighted by molar-refractivity contribution is -0.384. The van der Waals surface area contributed by atoms with Crippen LogP contribution in [0.2, 0.25) is 5.02 Å². The van der Waals surface area contributed by atoms with Gasteiger partial charge in [0.1, 0.15) is 29.5 Å². The fourth-order valence-corrected chi connectivity index (χ4v) is 9.27. The number of amides is 1. The zero-order valence-corrected chi connectivity index (χ0v) is 37.9. The zero-order valence-electron chi connectivity index (χ0n) is 36.3. The average molecular weight is 923 g/mol. The van der Waals surface area contributed by atoms with E-state index in [1.807, 2.05) is 68.7 Å². The summed E-state index contributed by atoms with van der Waals surface area (Å²) < 4.78 is 47.9. The molecule has 0 unspecified atom stereocenters. The number of nitro benzene ring substituents is 1. The van der Waals surface area contributed by atoms with Crippen LogP contribution in [-0.2, 0) is 21.3 Å². The molecule has 0 atom stereocenters. The number of benzene rings is 5. The number of H-pyrrole nitrogens is 1. The number of halogens is 1. The van der Waals surface area contributed by atoms with Gasteiger partial charge in [-0.1, -0.05) is 41.9 Å². The molecule has 8 rings (SSSR count). The molecule has 6 aromatic rings. The summed E-state index contributed by atoms with van der Waals surface area (Å²) in [6.07, 6.45) is 3.42. The number of anilines is 2. The van der Waals surface area contributed by atoms with Crippen LogP contribution in [-0.4, -0.2) is 107 Å². The van der Waals surface area contributed by atoms with Crippen LogP contribution in [0.4, 0.5) is 17.1 Å². The van der Waals surface area contributed by atoms with Crippen LogP contribution in [0.3, 0.4) is 0 Å². The van der Waals surface area contributed by atoms with Crippen LogP contribution in [0.1, 0.15) is 28.8 Å². The van der Waals surface area contributed by atoms with Gasteiger partial charge in [0.15, 0.2) is 0 Å². The van der Waals surface area contributed by atoms with E-state index < -0.39 is 31.4 Å². The number of piperazine rings is 1. The molecule has 65 heavy (non-hydrogen) atoms. The number of carbonyl (C=O) groups is 1. The van der Waals surface area contributed by atoms with E-state index in [1.54, 1.807) is 30.5 Å². The van der Waals surface area contributed by atoms with E-state index >= 15 is 0 Å². The molecule has 0 saturated carbocycles. The maximum absolute atomic E-state index is 14.0. The molecular weight excluding hydrogens is 870 g/mol. The highest BCUT2D eigenvalue weighted by Crippen LogP contribution is 2.37. The van der Waals surface area contributed by atoms with Crippen molar-refractivity contribution in [1.82, 2.24) is 19.5 Å². The van der Waals surface area contributed by atoms with Gasteiger partial charge in [-0.3, -0.25) is 19.8 Å². The van der Waals surface area contributed by atoms with Crippen molar-refractivity contribution in [3.05, 3.63) is 136 Å². The van der Waals surface area contributed by atoms with E-state index in [0.717, 1.165) is 77.6 Å². The van der Waals surface area contributed by atoms with E-state index in [4.69, 9.17) is 25.8 Å². The van der Waals surface area contributed by atoms with Crippen molar-refractivity contribution in [2.45, 2.75) is 24.3 Å². The lowest BCUT2D eigenvalue weighted by Gasteiger charge is -2.37. The van der Waals surface area contributed by atoms with Gasteiger partial charge >= 0.3 is 0 Å².